The average molecular weight is 573 g/mol. The van der Waals surface area contributed by atoms with E-state index in [-0.39, 0.29) is 17.1 Å². The average Bonchev–Trinajstić information content (AvgIpc) is 3.31. The molecule has 2 aromatic heterocycles. The second kappa shape index (κ2) is 10.7. The van der Waals surface area contributed by atoms with E-state index in [0.29, 0.717) is 61.3 Å². The Morgan fingerprint density at radius 1 is 1.02 bits per heavy atom. The molecule has 2 atom stereocenters. The van der Waals surface area contributed by atoms with Crippen LogP contribution < -0.4 is 4.90 Å². The van der Waals surface area contributed by atoms with Crippen LogP contribution in [0, 0.1) is 18.3 Å². The number of amides is 1. The zero-order valence-electron chi connectivity index (χ0n) is 23.7. The first kappa shape index (κ1) is 26.9. The number of para-hydroxylation sites is 2. The molecular formula is C32H34F2N6O2. The molecule has 2 saturated heterocycles. The number of imidazole rings is 1. The number of aryl methyl sites for hydroxylation is 2. The van der Waals surface area contributed by atoms with Crippen LogP contribution in [0.15, 0.2) is 54.6 Å². The second-order valence-electron chi connectivity index (χ2n) is 11.8. The van der Waals surface area contributed by atoms with E-state index in [2.05, 4.69) is 9.88 Å². The van der Waals surface area contributed by atoms with Gasteiger partial charge in [-0.15, -0.1) is 0 Å². The minimum Gasteiger partial charge on any atom is -0.378 e. The maximum absolute atomic E-state index is 14.2. The first-order valence-corrected chi connectivity index (χ1v) is 14.7. The van der Waals surface area contributed by atoms with Crippen molar-refractivity contribution in [3.05, 3.63) is 77.4 Å². The van der Waals surface area contributed by atoms with Crippen LogP contribution in [-0.2, 0) is 11.2 Å². The fourth-order valence-electron chi connectivity index (χ4n) is 6.67. The van der Waals surface area contributed by atoms with Gasteiger partial charge in [0.2, 0.25) is 0 Å². The molecule has 0 bridgehead atoms. The minimum atomic E-state index is -2.75. The van der Waals surface area contributed by atoms with Gasteiger partial charge in [-0.2, -0.15) is 0 Å². The standard InChI is InChI=1S/C32H34F2N6O2/c1-21-6-8-22(9-7-21)31(41)39-13-12-32(20-39)19-23(32)10-11-26-36-27(38-14-16-42-17-15-38)18-28(37-26)40-25-5-3-2-4-24(25)35-30(40)29(33)34/h2-9,18,23,29H,10-17,19-20H2,1H3/t23?,32-/m0/s1. The largest absolute Gasteiger partial charge is 0.378 e. The van der Waals surface area contributed by atoms with Crippen molar-refractivity contribution in [2.75, 3.05) is 44.3 Å². The van der Waals surface area contributed by atoms with Crippen molar-refractivity contribution in [1.29, 1.82) is 0 Å². The number of carbonyl (C=O) groups excluding carboxylic acids is 1. The highest BCUT2D eigenvalue weighted by molar-refractivity contribution is 5.94. The Hall–Kier alpha value is -3.92. The van der Waals surface area contributed by atoms with E-state index in [9.17, 15) is 13.6 Å². The smallest absolute Gasteiger partial charge is 0.296 e. The molecular weight excluding hydrogens is 538 g/mol. The molecule has 4 heterocycles. The Morgan fingerprint density at radius 3 is 2.57 bits per heavy atom. The summed E-state index contributed by atoms with van der Waals surface area (Å²) in [6.45, 7) is 6.12. The summed E-state index contributed by atoms with van der Waals surface area (Å²) in [6, 6.07) is 16.7. The Labute approximate surface area is 243 Å². The van der Waals surface area contributed by atoms with E-state index in [1.165, 1.54) is 4.57 Å². The summed E-state index contributed by atoms with van der Waals surface area (Å²) in [7, 11) is 0. The summed E-state index contributed by atoms with van der Waals surface area (Å²) in [5.41, 5.74) is 3.14. The summed E-state index contributed by atoms with van der Waals surface area (Å²) < 4.78 is 35.3. The number of hydrogen-bond donors (Lipinski definition) is 0. The molecule has 7 rings (SSSR count). The lowest BCUT2D eigenvalue weighted by Gasteiger charge is -2.28. The molecule has 3 aliphatic rings. The van der Waals surface area contributed by atoms with Crippen LogP contribution in [0.25, 0.3) is 16.9 Å². The molecule has 1 saturated carbocycles. The number of carbonyl (C=O) groups is 1. The number of anilines is 1. The van der Waals surface area contributed by atoms with Crippen LogP contribution in [0.2, 0.25) is 0 Å². The lowest BCUT2D eigenvalue weighted by molar-refractivity contribution is 0.0783. The molecule has 1 unspecified atom stereocenters. The highest BCUT2D eigenvalue weighted by Gasteiger charge is 2.57. The fourth-order valence-corrected chi connectivity index (χ4v) is 6.67. The number of hydrogen-bond acceptors (Lipinski definition) is 6. The number of ether oxygens (including phenoxy) is 1. The van der Waals surface area contributed by atoms with Crippen molar-refractivity contribution in [3.63, 3.8) is 0 Å². The predicted molar refractivity (Wildman–Crippen MR) is 155 cm³/mol. The van der Waals surface area contributed by atoms with Crippen LogP contribution in [0.4, 0.5) is 14.6 Å². The first-order chi connectivity index (χ1) is 20.4. The molecule has 0 radical (unpaired) electrons. The van der Waals surface area contributed by atoms with Crippen LogP contribution in [0.1, 0.15) is 53.3 Å². The van der Waals surface area contributed by atoms with Crippen LogP contribution in [-0.4, -0.2) is 69.7 Å². The number of rotatable bonds is 7. The van der Waals surface area contributed by atoms with E-state index >= 15 is 0 Å². The molecule has 10 heteroatoms. The number of benzene rings is 2. The first-order valence-electron chi connectivity index (χ1n) is 14.7. The lowest BCUT2D eigenvalue weighted by Crippen LogP contribution is -2.37. The fraction of sp³-hybridized carbons (Fsp3) is 0.438. The molecule has 218 valence electrons. The predicted octanol–water partition coefficient (Wildman–Crippen LogP) is 5.38. The maximum Gasteiger partial charge on any atom is 0.296 e. The van der Waals surface area contributed by atoms with Gasteiger partial charge in [-0.25, -0.2) is 23.7 Å². The van der Waals surface area contributed by atoms with Gasteiger partial charge in [0.1, 0.15) is 17.5 Å². The molecule has 42 heavy (non-hydrogen) atoms. The summed E-state index contributed by atoms with van der Waals surface area (Å²) in [4.78, 5) is 31.2. The summed E-state index contributed by atoms with van der Waals surface area (Å²) >= 11 is 0. The Balaban J connectivity index is 1.12. The summed E-state index contributed by atoms with van der Waals surface area (Å²) in [5, 5.41) is 0. The number of alkyl halides is 2. The molecule has 1 spiro atoms. The normalized spacial score (nSPS) is 22.0. The van der Waals surface area contributed by atoms with Crippen molar-refractivity contribution in [2.24, 2.45) is 11.3 Å². The molecule has 8 nitrogen and oxygen atoms in total. The van der Waals surface area contributed by atoms with Crippen LogP contribution in [0.3, 0.4) is 0 Å². The van der Waals surface area contributed by atoms with Crippen molar-refractivity contribution in [3.8, 4) is 5.82 Å². The van der Waals surface area contributed by atoms with E-state index < -0.39 is 6.43 Å². The maximum atomic E-state index is 14.2. The highest BCUT2D eigenvalue weighted by atomic mass is 19.3. The van der Waals surface area contributed by atoms with Gasteiger partial charge in [0, 0.05) is 44.2 Å². The van der Waals surface area contributed by atoms with Gasteiger partial charge in [-0.1, -0.05) is 29.8 Å². The van der Waals surface area contributed by atoms with Gasteiger partial charge in [-0.3, -0.25) is 9.36 Å². The molecule has 2 aromatic carbocycles. The molecule has 1 amide bonds. The summed E-state index contributed by atoms with van der Waals surface area (Å²) in [6.07, 6.45) is 0.878. The minimum absolute atomic E-state index is 0.103. The van der Waals surface area contributed by atoms with Crippen LogP contribution >= 0.6 is 0 Å². The topological polar surface area (TPSA) is 76.4 Å². The van der Waals surface area contributed by atoms with Crippen LogP contribution in [0.5, 0.6) is 0 Å². The number of fused-ring (bicyclic) bond motifs is 1. The zero-order chi connectivity index (χ0) is 28.8. The lowest BCUT2D eigenvalue weighted by atomic mass is 10.0. The number of aromatic nitrogens is 4. The molecule has 2 aliphatic heterocycles. The molecule has 3 fully saturated rings. The van der Waals surface area contributed by atoms with Crippen molar-refractivity contribution >= 4 is 22.8 Å². The van der Waals surface area contributed by atoms with Gasteiger partial charge in [0.15, 0.2) is 5.82 Å². The number of nitrogens with zero attached hydrogens (tertiary/aromatic N) is 6. The SMILES string of the molecule is Cc1ccc(C(=O)N2CC[C@]3(CC3CCc3nc(N4CCOCC4)cc(-n4c(C(F)F)nc5ccccc54)n3)C2)cc1. The van der Waals surface area contributed by atoms with Gasteiger partial charge in [0.05, 0.1) is 24.2 Å². The number of likely N-dealkylation sites (tertiary alicyclic amines) is 1. The molecule has 4 aromatic rings. The van der Waals surface area contributed by atoms with E-state index in [4.69, 9.17) is 14.7 Å². The third-order valence-electron chi connectivity index (χ3n) is 9.14. The number of halogens is 2. The zero-order valence-corrected chi connectivity index (χ0v) is 23.7. The van der Waals surface area contributed by atoms with Gasteiger partial charge < -0.3 is 14.5 Å². The Kier molecular flexibility index (Phi) is 6.88. The third-order valence-corrected chi connectivity index (χ3v) is 9.14. The van der Waals surface area contributed by atoms with E-state index in [1.54, 1.807) is 24.3 Å². The Bertz CT molecular complexity index is 1620. The van der Waals surface area contributed by atoms with Gasteiger partial charge in [-0.05, 0) is 61.8 Å². The third kappa shape index (κ3) is 5.02. The van der Waals surface area contributed by atoms with Gasteiger partial charge in [0.25, 0.3) is 12.3 Å². The van der Waals surface area contributed by atoms with Gasteiger partial charge >= 0.3 is 0 Å². The summed E-state index contributed by atoms with van der Waals surface area (Å²) in [5.74, 6) is 2.03. The monoisotopic (exact) mass is 572 g/mol. The van der Waals surface area contributed by atoms with E-state index in [1.807, 2.05) is 42.2 Å². The quantitative estimate of drug-likeness (QED) is 0.296. The van der Waals surface area contributed by atoms with E-state index in [0.717, 1.165) is 49.3 Å². The highest BCUT2D eigenvalue weighted by Crippen LogP contribution is 2.60. The van der Waals surface area contributed by atoms with Crippen molar-refractivity contribution < 1.29 is 18.3 Å². The number of morpholine rings is 1. The molecule has 1 aliphatic carbocycles. The van der Waals surface area contributed by atoms with Crippen molar-refractivity contribution in [2.45, 2.75) is 39.0 Å². The van der Waals surface area contributed by atoms with Crippen molar-refractivity contribution in [1.82, 2.24) is 24.4 Å². The second-order valence-corrected chi connectivity index (χ2v) is 11.8. The Morgan fingerprint density at radius 2 is 1.79 bits per heavy atom. The molecule has 0 N–H and O–H groups in total.